The molecule has 6 nitrogen and oxygen atoms in total. The van der Waals surface area contributed by atoms with Crippen molar-refractivity contribution in [3.63, 3.8) is 0 Å². The number of nitrogens with one attached hydrogen (secondary N) is 1. The van der Waals surface area contributed by atoms with Crippen LogP contribution in [0.15, 0.2) is 46.1 Å². The van der Waals surface area contributed by atoms with Crippen LogP contribution in [0.4, 0.5) is 0 Å². The number of carbonyl (C=O) groups excluding carboxylic acids is 1. The lowest BCUT2D eigenvalue weighted by Crippen LogP contribution is -2.37. The molecule has 0 aliphatic rings. The van der Waals surface area contributed by atoms with Crippen LogP contribution in [-0.4, -0.2) is 15.0 Å². The minimum atomic E-state index is -0.457. The Balaban J connectivity index is 2.16. The predicted octanol–water partition coefficient (Wildman–Crippen LogP) is 1.63. The van der Waals surface area contributed by atoms with E-state index in [1.165, 1.54) is 30.0 Å². The predicted molar refractivity (Wildman–Crippen MR) is 94.0 cm³/mol. The first-order chi connectivity index (χ1) is 11.3. The fraction of sp³-hybridized carbons (Fsp3) is 0.235. The van der Waals surface area contributed by atoms with Crippen molar-refractivity contribution in [1.29, 1.82) is 0 Å². The monoisotopic (exact) mass is 347 g/mol. The van der Waals surface area contributed by atoms with Crippen molar-refractivity contribution in [2.75, 3.05) is 0 Å². The molecule has 0 radical (unpaired) electrons. The number of hydrogen-bond donors (Lipinski definition) is 1. The standard InChI is InChI=1S/C17H18ClN3O3/c1-11(13-6-4-5-7-14(13)18)19-15(22)9-8-12-10-20(2)17(24)21(3)16(12)23/h4-11H,1-3H3,(H,19,22)/b9-8+. The minimum Gasteiger partial charge on any atom is -0.346 e. The molecule has 0 aliphatic carbocycles. The maximum Gasteiger partial charge on any atom is 0.330 e. The van der Waals surface area contributed by atoms with Crippen molar-refractivity contribution in [3.05, 3.63) is 73.5 Å². The van der Waals surface area contributed by atoms with Gasteiger partial charge >= 0.3 is 5.69 Å². The first-order valence-electron chi connectivity index (χ1n) is 7.31. The van der Waals surface area contributed by atoms with Gasteiger partial charge in [-0.15, -0.1) is 0 Å². The average Bonchev–Trinajstić information content (AvgIpc) is 2.55. The van der Waals surface area contributed by atoms with Gasteiger partial charge in [-0.25, -0.2) is 4.79 Å². The van der Waals surface area contributed by atoms with Gasteiger partial charge in [0, 0.05) is 31.4 Å². The number of rotatable bonds is 4. The summed E-state index contributed by atoms with van der Waals surface area (Å²) in [5.74, 6) is -0.363. The topological polar surface area (TPSA) is 73.1 Å². The fourth-order valence-electron chi connectivity index (χ4n) is 2.28. The van der Waals surface area contributed by atoms with Gasteiger partial charge < -0.3 is 9.88 Å². The quantitative estimate of drug-likeness (QED) is 0.854. The van der Waals surface area contributed by atoms with Crippen molar-refractivity contribution in [3.8, 4) is 0 Å². The number of hydrogen-bond acceptors (Lipinski definition) is 3. The van der Waals surface area contributed by atoms with Crippen LogP contribution in [0.2, 0.25) is 5.02 Å². The maximum absolute atomic E-state index is 12.0. The molecule has 1 aromatic heterocycles. The highest BCUT2D eigenvalue weighted by Crippen LogP contribution is 2.21. The molecule has 1 N–H and O–H groups in total. The van der Waals surface area contributed by atoms with E-state index in [1.54, 1.807) is 13.1 Å². The average molecular weight is 348 g/mol. The van der Waals surface area contributed by atoms with Gasteiger partial charge in [0.15, 0.2) is 0 Å². The molecule has 1 heterocycles. The Morgan fingerprint density at radius 1 is 1.25 bits per heavy atom. The van der Waals surface area contributed by atoms with Crippen LogP contribution in [0.25, 0.3) is 6.08 Å². The SMILES string of the molecule is CC(NC(=O)/C=C/c1cn(C)c(=O)n(C)c1=O)c1ccccc1Cl. The van der Waals surface area contributed by atoms with E-state index >= 15 is 0 Å². The molecule has 0 fully saturated rings. The van der Waals surface area contributed by atoms with Crippen LogP contribution in [0.1, 0.15) is 24.1 Å². The first kappa shape index (κ1) is 17.7. The van der Waals surface area contributed by atoms with Crippen LogP contribution in [-0.2, 0) is 18.9 Å². The lowest BCUT2D eigenvalue weighted by molar-refractivity contribution is -0.117. The molecule has 2 rings (SSSR count). The Morgan fingerprint density at radius 3 is 2.58 bits per heavy atom. The molecule has 0 bridgehead atoms. The van der Waals surface area contributed by atoms with Crippen molar-refractivity contribution < 1.29 is 4.79 Å². The zero-order valence-corrected chi connectivity index (χ0v) is 14.4. The van der Waals surface area contributed by atoms with Crippen LogP contribution in [0, 0.1) is 0 Å². The first-order valence-corrected chi connectivity index (χ1v) is 7.68. The van der Waals surface area contributed by atoms with Crippen molar-refractivity contribution in [2.24, 2.45) is 14.1 Å². The summed E-state index contributed by atoms with van der Waals surface area (Å²) in [6.45, 7) is 1.82. The molecule has 0 spiro atoms. The summed E-state index contributed by atoms with van der Waals surface area (Å²) in [7, 11) is 2.93. The second-order valence-corrected chi connectivity index (χ2v) is 5.83. The van der Waals surface area contributed by atoms with E-state index in [9.17, 15) is 14.4 Å². The van der Waals surface area contributed by atoms with E-state index in [-0.39, 0.29) is 17.5 Å². The van der Waals surface area contributed by atoms with E-state index < -0.39 is 11.2 Å². The van der Waals surface area contributed by atoms with Crippen LogP contribution in [0.5, 0.6) is 0 Å². The van der Waals surface area contributed by atoms with E-state index in [2.05, 4.69) is 5.32 Å². The molecule has 126 valence electrons. The number of amides is 1. The van der Waals surface area contributed by atoms with Crippen LogP contribution < -0.4 is 16.6 Å². The van der Waals surface area contributed by atoms with Gasteiger partial charge in [-0.2, -0.15) is 0 Å². The molecule has 7 heteroatoms. The molecule has 1 atom stereocenters. The number of carbonyl (C=O) groups is 1. The second-order valence-electron chi connectivity index (χ2n) is 5.43. The van der Waals surface area contributed by atoms with E-state index in [4.69, 9.17) is 11.6 Å². The molecule has 2 aromatic rings. The third-order valence-corrected chi connectivity index (χ3v) is 3.96. The van der Waals surface area contributed by atoms with E-state index in [0.717, 1.165) is 10.1 Å². The van der Waals surface area contributed by atoms with Crippen LogP contribution in [0.3, 0.4) is 0 Å². The summed E-state index contributed by atoms with van der Waals surface area (Å²) in [4.78, 5) is 35.7. The molecule has 0 saturated carbocycles. The van der Waals surface area contributed by atoms with Crippen LogP contribution >= 0.6 is 11.6 Å². The summed E-state index contributed by atoms with van der Waals surface area (Å²) in [5, 5.41) is 3.35. The number of halogens is 1. The number of aryl methyl sites for hydroxylation is 1. The molecule has 1 amide bonds. The van der Waals surface area contributed by atoms with Gasteiger partial charge in [-0.1, -0.05) is 29.8 Å². The zero-order valence-electron chi connectivity index (χ0n) is 13.6. The molecule has 0 aliphatic heterocycles. The molecular formula is C17H18ClN3O3. The van der Waals surface area contributed by atoms with E-state index in [0.29, 0.717) is 5.02 Å². The lowest BCUT2D eigenvalue weighted by atomic mass is 10.1. The Morgan fingerprint density at radius 2 is 1.92 bits per heavy atom. The summed E-state index contributed by atoms with van der Waals surface area (Å²) >= 11 is 6.10. The summed E-state index contributed by atoms with van der Waals surface area (Å²) in [6.07, 6.45) is 4.04. The molecular weight excluding hydrogens is 330 g/mol. The molecule has 1 unspecified atom stereocenters. The molecule has 24 heavy (non-hydrogen) atoms. The number of nitrogens with zero attached hydrogens (tertiary/aromatic N) is 2. The third-order valence-electron chi connectivity index (χ3n) is 3.62. The Kier molecular flexibility index (Phi) is 5.41. The smallest absolute Gasteiger partial charge is 0.330 e. The second kappa shape index (κ2) is 7.31. The normalized spacial score (nSPS) is 12.3. The number of benzene rings is 1. The third kappa shape index (κ3) is 3.83. The fourth-order valence-corrected chi connectivity index (χ4v) is 2.58. The Labute approximate surface area is 144 Å². The van der Waals surface area contributed by atoms with Crippen molar-refractivity contribution in [1.82, 2.24) is 14.5 Å². The lowest BCUT2D eigenvalue weighted by Gasteiger charge is -2.14. The Bertz CT molecular complexity index is 912. The Hall–Kier alpha value is -2.60. The van der Waals surface area contributed by atoms with Crippen molar-refractivity contribution >= 4 is 23.6 Å². The summed E-state index contributed by atoms with van der Waals surface area (Å²) < 4.78 is 2.27. The largest absolute Gasteiger partial charge is 0.346 e. The maximum atomic E-state index is 12.0. The molecule has 0 saturated heterocycles. The highest BCUT2D eigenvalue weighted by molar-refractivity contribution is 6.31. The number of aromatic nitrogens is 2. The van der Waals surface area contributed by atoms with Gasteiger partial charge in [0.1, 0.15) is 0 Å². The highest BCUT2D eigenvalue weighted by Gasteiger charge is 2.11. The van der Waals surface area contributed by atoms with Gasteiger partial charge in [0.2, 0.25) is 5.91 Å². The summed E-state index contributed by atoms with van der Waals surface area (Å²) in [6, 6.07) is 6.96. The van der Waals surface area contributed by atoms with Gasteiger partial charge in [0.05, 0.1) is 11.6 Å². The van der Waals surface area contributed by atoms with Crippen molar-refractivity contribution in [2.45, 2.75) is 13.0 Å². The molecule has 1 aromatic carbocycles. The minimum absolute atomic E-state index is 0.250. The summed E-state index contributed by atoms with van der Waals surface area (Å²) in [5.41, 5.74) is 0.175. The van der Waals surface area contributed by atoms with Gasteiger partial charge in [0.25, 0.3) is 5.56 Å². The zero-order chi connectivity index (χ0) is 17.9. The van der Waals surface area contributed by atoms with Gasteiger partial charge in [-0.3, -0.25) is 14.2 Å². The van der Waals surface area contributed by atoms with Gasteiger partial charge in [-0.05, 0) is 24.6 Å². The van der Waals surface area contributed by atoms with E-state index in [1.807, 2.05) is 25.1 Å². The highest BCUT2D eigenvalue weighted by atomic mass is 35.5.